The van der Waals surface area contributed by atoms with Gasteiger partial charge in [-0.25, -0.2) is 17.9 Å². The molecule has 0 radical (unpaired) electrons. The van der Waals surface area contributed by atoms with E-state index in [1.165, 1.54) is 5.38 Å². The van der Waals surface area contributed by atoms with Crippen molar-refractivity contribution in [2.45, 2.75) is 11.3 Å². The number of hydrogen-bond donors (Lipinski definition) is 2. The molecule has 1 aromatic heterocycles. The number of nitrogens with one attached hydrogen (secondary N) is 1. The first-order valence-electron chi connectivity index (χ1n) is 4.40. The Bertz CT molecular complexity index is 489. The fourth-order valence-electron chi connectivity index (χ4n) is 0.951. The molecule has 0 saturated carbocycles. The molecule has 16 heavy (non-hydrogen) atoms. The van der Waals surface area contributed by atoms with Crippen molar-refractivity contribution in [3.05, 3.63) is 29.0 Å². The van der Waals surface area contributed by atoms with Gasteiger partial charge in [-0.3, -0.25) is 0 Å². The maximum atomic E-state index is 11.6. The second-order valence-electron chi connectivity index (χ2n) is 2.93. The van der Waals surface area contributed by atoms with Gasteiger partial charge >= 0.3 is 5.97 Å². The van der Waals surface area contributed by atoms with Gasteiger partial charge < -0.3 is 5.11 Å². The molecular weight excluding hydrogens is 250 g/mol. The lowest BCUT2D eigenvalue weighted by Gasteiger charge is -2.01. The first-order valence-corrected chi connectivity index (χ1v) is 6.76. The number of hydrogen-bond acceptors (Lipinski definition) is 4. The molecule has 88 valence electrons. The molecule has 0 saturated heterocycles. The molecule has 0 fully saturated rings. The summed E-state index contributed by atoms with van der Waals surface area (Å²) in [6.45, 7) is 3.72. The molecule has 0 aliphatic rings. The lowest BCUT2D eigenvalue weighted by Crippen LogP contribution is -2.24. The van der Waals surface area contributed by atoms with Crippen molar-refractivity contribution >= 4 is 27.3 Å². The molecule has 0 unspecified atom stereocenters. The average molecular weight is 261 g/mol. The normalized spacial score (nSPS) is 11.2. The van der Waals surface area contributed by atoms with E-state index >= 15 is 0 Å². The summed E-state index contributed by atoms with van der Waals surface area (Å²) in [6, 6.07) is 1.14. The van der Waals surface area contributed by atoms with Crippen molar-refractivity contribution in [3.63, 3.8) is 0 Å². The van der Waals surface area contributed by atoms with Gasteiger partial charge in [0, 0.05) is 11.9 Å². The maximum Gasteiger partial charge on any atom is 0.345 e. The summed E-state index contributed by atoms with van der Waals surface area (Å²) in [5, 5.41) is 9.97. The van der Waals surface area contributed by atoms with Crippen LogP contribution < -0.4 is 4.72 Å². The van der Waals surface area contributed by atoms with E-state index in [-0.39, 0.29) is 16.3 Å². The van der Waals surface area contributed by atoms with Gasteiger partial charge in [0.2, 0.25) is 10.0 Å². The third-order valence-electron chi connectivity index (χ3n) is 1.74. The Morgan fingerprint density at radius 3 is 2.81 bits per heavy atom. The minimum Gasteiger partial charge on any atom is -0.477 e. The highest BCUT2D eigenvalue weighted by atomic mass is 32.2. The summed E-state index contributed by atoms with van der Waals surface area (Å²) in [5.74, 6) is -1.13. The Balaban J connectivity index is 2.81. The molecule has 0 aromatic carbocycles. The van der Waals surface area contributed by atoms with Crippen LogP contribution in [0.5, 0.6) is 0 Å². The lowest BCUT2D eigenvalue weighted by molar-refractivity contribution is 0.0702. The second kappa shape index (κ2) is 5.24. The second-order valence-corrected chi connectivity index (χ2v) is 5.61. The average Bonchev–Trinajstić information content (AvgIpc) is 2.67. The van der Waals surface area contributed by atoms with E-state index < -0.39 is 16.0 Å². The minimum atomic E-state index is -3.60. The molecule has 0 amide bonds. The topological polar surface area (TPSA) is 83.5 Å². The Morgan fingerprint density at radius 1 is 1.62 bits per heavy atom. The van der Waals surface area contributed by atoms with Crippen LogP contribution in [0.15, 0.2) is 29.0 Å². The Morgan fingerprint density at radius 2 is 2.31 bits per heavy atom. The number of aromatic carboxylic acids is 1. The first-order chi connectivity index (χ1) is 7.47. The number of carboxylic acid groups (broad SMARTS) is 1. The highest BCUT2D eigenvalue weighted by Gasteiger charge is 2.17. The van der Waals surface area contributed by atoms with Gasteiger partial charge in [-0.05, 0) is 12.5 Å². The van der Waals surface area contributed by atoms with Crippen LogP contribution in [-0.4, -0.2) is 26.0 Å². The predicted molar refractivity (Wildman–Crippen MR) is 61.3 cm³/mol. The fourth-order valence-corrected chi connectivity index (χ4v) is 3.11. The summed E-state index contributed by atoms with van der Waals surface area (Å²) in [7, 11) is -3.60. The van der Waals surface area contributed by atoms with E-state index in [1.54, 1.807) is 6.08 Å². The van der Waals surface area contributed by atoms with Crippen LogP contribution in [0.2, 0.25) is 0 Å². The number of thiophene rings is 1. The SMILES string of the molecule is C=CCCNS(=O)(=O)c1csc(C(=O)O)c1. The summed E-state index contributed by atoms with van der Waals surface area (Å²) in [6.07, 6.45) is 2.12. The molecule has 7 heteroatoms. The fraction of sp³-hybridized carbons (Fsp3) is 0.222. The van der Waals surface area contributed by atoms with Gasteiger partial charge in [0.05, 0.1) is 4.90 Å². The maximum absolute atomic E-state index is 11.6. The lowest BCUT2D eigenvalue weighted by atomic mass is 10.4. The third kappa shape index (κ3) is 3.16. The van der Waals surface area contributed by atoms with Crippen molar-refractivity contribution in [1.82, 2.24) is 4.72 Å². The molecule has 2 N–H and O–H groups in total. The van der Waals surface area contributed by atoms with Crippen molar-refractivity contribution < 1.29 is 18.3 Å². The molecule has 0 spiro atoms. The zero-order valence-electron chi connectivity index (χ0n) is 8.34. The molecule has 0 aliphatic carbocycles. The van der Waals surface area contributed by atoms with Gasteiger partial charge in [0.15, 0.2) is 0 Å². The number of rotatable bonds is 6. The molecule has 0 atom stereocenters. The molecule has 0 bridgehead atoms. The zero-order valence-corrected chi connectivity index (χ0v) is 9.97. The minimum absolute atomic E-state index is 0.00379. The summed E-state index contributed by atoms with van der Waals surface area (Å²) < 4.78 is 25.6. The van der Waals surface area contributed by atoms with Crippen LogP contribution in [0.3, 0.4) is 0 Å². The monoisotopic (exact) mass is 261 g/mol. The van der Waals surface area contributed by atoms with E-state index in [0.717, 1.165) is 17.4 Å². The van der Waals surface area contributed by atoms with Crippen molar-refractivity contribution in [1.29, 1.82) is 0 Å². The van der Waals surface area contributed by atoms with Gasteiger partial charge in [0.25, 0.3) is 0 Å². The Labute approximate surface area is 97.5 Å². The highest BCUT2D eigenvalue weighted by molar-refractivity contribution is 7.89. The largest absolute Gasteiger partial charge is 0.477 e. The van der Waals surface area contributed by atoms with Crippen LogP contribution in [0.1, 0.15) is 16.1 Å². The van der Waals surface area contributed by atoms with E-state index in [9.17, 15) is 13.2 Å². The van der Waals surface area contributed by atoms with E-state index in [4.69, 9.17) is 5.11 Å². The number of carbonyl (C=O) groups is 1. The number of sulfonamides is 1. The van der Waals surface area contributed by atoms with E-state index in [0.29, 0.717) is 6.42 Å². The van der Waals surface area contributed by atoms with Crippen LogP contribution in [0.4, 0.5) is 0 Å². The molecule has 0 aliphatic heterocycles. The molecule has 1 heterocycles. The van der Waals surface area contributed by atoms with Crippen LogP contribution in [0.25, 0.3) is 0 Å². The van der Waals surface area contributed by atoms with Crippen molar-refractivity contribution in [3.8, 4) is 0 Å². The van der Waals surface area contributed by atoms with Crippen LogP contribution in [0, 0.1) is 0 Å². The van der Waals surface area contributed by atoms with Gasteiger partial charge in [0.1, 0.15) is 4.88 Å². The summed E-state index contributed by atoms with van der Waals surface area (Å²) in [5.41, 5.74) is 0. The zero-order chi connectivity index (χ0) is 12.2. The molecule has 1 aromatic rings. The van der Waals surface area contributed by atoms with E-state index in [1.807, 2.05) is 0 Å². The molecular formula is C9H11NO4S2. The van der Waals surface area contributed by atoms with Gasteiger partial charge in [-0.15, -0.1) is 17.9 Å². The Kier molecular flexibility index (Phi) is 4.22. The molecule has 1 rings (SSSR count). The standard InChI is InChI=1S/C9H11NO4S2/c1-2-3-4-10-16(13,14)7-5-8(9(11)12)15-6-7/h2,5-6,10H,1,3-4H2,(H,11,12). The first kappa shape index (κ1) is 12.9. The van der Waals surface area contributed by atoms with Gasteiger partial charge in [-0.2, -0.15) is 0 Å². The van der Waals surface area contributed by atoms with Crippen LogP contribution in [-0.2, 0) is 10.0 Å². The van der Waals surface area contributed by atoms with Crippen LogP contribution >= 0.6 is 11.3 Å². The highest BCUT2D eigenvalue weighted by Crippen LogP contribution is 2.18. The number of carboxylic acids is 1. The Hall–Kier alpha value is -1.18. The third-order valence-corrected chi connectivity index (χ3v) is 4.24. The summed E-state index contributed by atoms with van der Waals surface area (Å²) >= 11 is 0.885. The van der Waals surface area contributed by atoms with Crippen molar-refractivity contribution in [2.24, 2.45) is 0 Å². The predicted octanol–water partition coefficient (Wildman–Crippen LogP) is 1.30. The quantitative estimate of drug-likeness (QED) is 0.597. The molecule has 5 nitrogen and oxygen atoms in total. The smallest absolute Gasteiger partial charge is 0.345 e. The van der Waals surface area contributed by atoms with E-state index in [2.05, 4.69) is 11.3 Å². The van der Waals surface area contributed by atoms with Gasteiger partial charge in [-0.1, -0.05) is 6.08 Å². The van der Waals surface area contributed by atoms with Crippen molar-refractivity contribution in [2.75, 3.05) is 6.54 Å². The summed E-state index contributed by atoms with van der Waals surface area (Å²) in [4.78, 5) is 10.6.